The number of hydrogen-bond donors (Lipinski definition) is 1. The maximum atomic E-state index is 12.1. The Balaban J connectivity index is 1.57. The van der Waals surface area contributed by atoms with Crippen LogP contribution in [0.3, 0.4) is 0 Å². The van der Waals surface area contributed by atoms with E-state index in [0.29, 0.717) is 17.8 Å². The molecule has 0 spiro atoms. The molecule has 1 fully saturated rings. The number of carbonyl (C=O) groups excluding carboxylic acids is 1. The fourth-order valence-electron chi connectivity index (χ4n) is 2.85. The van der Waals surface area contributed by atoms with Gasteiger partial charge in [-0.3, -0.25) is 4.79 Å². The Bertz CT molecular complexity index is 691. The van der Waals surface area contributed by atoms with Crippen LogP contribution in [-0.4, -0.2) is 29.1 Å². The second-order valence-electron chi connectivity index (χ2n) is 6.04. The topological polar surface area (TPSA) is 71.3 Å². The molecule has 1 aliphatic rings. The van der Waals surface area contributed by atoms with Crippen molar-refractivity contribution < 1.29 is 9.32 Å². The van der Waals surface area contributed by atoms with Crippen LogP contribution < -0.4 is 10.2 Å². The summed E-state index contributed by atoms with van der Waals surface area (Å²) in [7, 11) is 0. The van der Waals surface area contributed by atoms with E-state index in [1.165, 1.54) is 19.3 Å². The van der Waals surface area contributed by atoms with E-state index < -0.39 is 0 Å². The Hall–Kier alpha value is -2.08. The van der Waals surface area contributed by atoms with Crippen molar-refractivity contribution in [3.05, 3.63) is 40.4 Å². The highest BCUT2D eigenvalue weighted by Gasteiger charge is 2.15. The van der Waals surface area contributed by atoms with Crippen LogP contribution in [0.15, 0.2) is 22.9 Å². The van der Waals surface area contributed by atoms with Gasteiger partial charge < -0.3 is 14.7 Å². The van der Waals surface area contributed by atoms with Crippen molar-refractivity contribution in [1.82, 2.24) is 15.5 Å². The fourth-order valence-corrected chi connectivity index (χ4v) is 3.09. The van der Waals surface area contributed by atoms with Gasteiger partial charge in [0.25, 0.3) is 0 Å². The average molecular weight is 349 g/mol. The number of aromatic nitrogens is 2. The third kappa shape index (κ3) is 4.06. The number of carbonyl (C=O) groups is 1. The van der Waals surface area contributed by atoms with Gasteiger partial charge in [-0.25, -0.2) is 4.98 Å². The molecule has 1 saturated heterocycles. The van der Waals surface area contributed by atoms with Gasteiger partial charge in [-0.15, -0.1) is 0 Å². The van der Waals surface area contributed by atoms with Crippen LogP contribution in [0, 0.1) is 6.92 Å². The van der Waals surface area contributed by atoms with Gasteiger partial charge in [0.05, 0.1) is 12.1 Å². The number of anilines is 1. The molecule has 2 aromatic rings. The number of rotatable bonds is 5. The van der Waals surface area contributed by atoms with E-state index in [9.17, 15) is 4.79 Å². The van der Waals surface area contributed by atoms with Gasteiger partial charge in [0.1, 0.15) is 5.82 Å². The SMILES string of the molecule is Cc1noc(Cl)c1CC(=O)NCc1ccnc(N2CCCCC2)c1. The summed E-state index contributed by atoms with van der Waals surface area (Å²) in [6.07, 6.45) is 5.67. The van der Waals surface area contributed by atoms with E-state index in [1.807, 2.05) is 12.1 Å². The highest BCUT2D eigenvalue weighted by atomic mass is 35.5. The first kappa shape index (κ1) is 16.8. The van der Waals surface area contributed by atoms with E-state index in [1.54, 1.807) is 13.1 Å². The Kier molecular flexibility index (Phi) is 5.35. The van der Waals surface area contributed by atoms with Gasteiger partial charge >= 0.3 is 0 Å². The van der Waals surface area contributed by atoms with Crippen LogP contribution in [0.1, 0.15) is 36.1 Å². The highest BCUT2D eigenvalue weighted by Crippen LogP contribution is 2.20. The molecule has 1 aliphatic heterocycles. The standard InChI is InChI=1S/C17H21ClN4O2/c1-12-14(17(18)24-21-12)10-16(23)20-11-13-5-6-19-15(9-13)22-7-3-2-4-8-22/h5-6,9H,2-4,7-8,10-11H2,1H3,(H,20,23). The molecule has 6 nitrogen and oxygen atoms in total. The lowest BCUT2D eigenvalue weighted by atomic mass is 10.1. The van der Waals surface area contributed by atoms with Crippen molar-refractivity contribution in [1.29, 1.82) is 0 Å². The summed E-state index contributed by atoms with van der Waals surface area (Å²) in [5.74, 6) is 0.874. The Morgan fingerprint density at radius 2 is 2.17 bits per heavy atom. The zero-order valence-corrected chi connectivity index (χ0v) is 14.5. The van der Waals surface area contributed by atoms with Crippen molar-refractivity contribution in [3.8, 4) is 0 Å². The van der Waals surface area contributed by atoms with Crippen LogP contribution in [0.5, 0.6) is 0 Å². The minimum atomic E-state index is -0.112. The summed E-state index contributed by atoms with van der Waals surface area (Å²) in [5, 5.41) is 6.84. The van der Waals surface area contributed by atoms with Gasteiger partial charge in [0, 0.05) is 31.4 Å². The molecular formula is C17H21ClN4O2. The van der Waals surface area contributed by atoms with Crippen molar-refractivity contribution in [2.45, 2.75) is 39.2 Å². The lowest BCUT2D eigenvalue weighted by molar-refractivity contribution is -0.120. The van der Waals surface area contributed by atoms with E-state index in [-0.39, 0.29) is 17.5 Å². The Morgan fingerprint density at radius 1 is 1.38 bits per heavy atom. The molecular weight excluding hydrogens is 328 g/mol. The molecule has 0 radical (unpaired) electrons. The molecule has 0 saturated carbocycles. The summed E-state index contributed by atoms with van der Waals surface area (Å²) in [4.78, 5) is 18.9. The highest BCUT2D eigenvalue weighted by molar-refractivity contribution is 6.29. The summed E-state index contributed by atoms with van der Waals surface area (Å²) in [6, 6.07) is 3.97. The van der Waals surface area contributed by atoms with Gasteiger partial charge in [-0.1, -0.05) is 5.16 Å². The summed E-state index contributed by atoms with van der Waals surface area (Å²) >= 11 is 5.89. The van der Waals surface area contributed by atoms with Crippen molar-refractivity contribution >= 4 is 23.3 Å². The summed E-state index contributed by atoms with van der Waals surface area (Å²) < 4.78 is 4.86. The van der Waals surface area contributed by atoms with E-state index in [4.69, 9.17) is 16.1 Å². The number of amides is 1. The third-order valence-electron chi connectivity index (χ3n) is 4.25. The van der Waals surface area contributed by atoms with Crippen LogP contribution in [0.2, 0.25) is 5.22 Å². The lowest BCUT2D eigenvalue weighted by Gasteiger charge is -2.27. The number of hydrogen-bond acceptors (Lipinski definition) is 5. The fraction of sp³-hybridized carbons (Fsp3) is 0.471. The first-order chi connectivity index (χ1) is 11.6. The Labute approximate surface area is 146 Å². The summed E-state index contributed by atoms with van der Waals surface area (Å²) in [5.41, 5.74) is 2.32. The molecule has 128 valence electrons. The molecule has 2 aromatic heterocycles. The van der Waals surface area contributed by atoms with E-state index in [2.05, 4.69) is 20.4 Å². The molecule has 3 heterocycles. The van der Waals surface area contributed by atoms with Gasteiger partial charge in [-0.05, 0) is 55.5 Å². The maximum Gasteiger partial charge on any atom is 0.229 e. The Morgan fingerprint density at radius 3 is 2.88 bits per heavy atom. The van der Waals surface area contributed by atoms with Gasteiger partial charge in [0.2, 0.25) is 11.1 Å². The van der Waals surface area contributed by atoms with E-state index in [0.717, 1.165) is 24.5 Å². The first-order valence-corrected chi connectivity index (χ1v) is 8.58. The van der Waals surface area contributed by atoms with Crippen molar-refractivity contribution in [2.24, 2.45) is 0 Å². The normalized spacial score (nSPS) is 14.7. The maximum absolute atomic E-state index is 12.1. The third-order valence-corrected chi connectivity index (χ3v) is 4.55. The van der Waals surface area contributed by atoms with Gasteiger partial charge in [-0.2, -0.15) is 0 Å². The first-order valence-electron chi connectivity index (χ1n) is 8.20. The molecule has 0 aliphatic carbocycles. The van der Waals surface area contributed by atoms with Crippen LogP contribution >= 0.6 is 11.6 Å². The van der Waals surface area contributed by atoms with Crippen molar-refractivity contribution in [3.63, 3.8) is 0 Å². The van der Waals surface area contributed by atoms with Crippen molar-refractivity contribution in [2.75, 3.05) is 18.0 Å². The molecule has 0 atom stereocenters. The lowest BCUT2D eigenvalue weighted by Crippen LogP contribution is -2.30. The minimum absolute atomic E-state index is 0.112. The number of nitrogens with one attached hydrogen (secondary N) is 1. The second kappa shape index (κ2) is 7.66. The molecule has 24 heavy (non-hydrogen) atoms. The quantitative estimate of drug-likeness (QED) is 0.899. The van der Waals surface area contributed by atoms with Crippen LogP contribution in [-0.2, 0) is 17.8 Å². The largest absolute Gasteiger partial charge is 0.357 e. The molecule has 1 N–H and O–H groups in total. The second-order valence-corrected chi connectivity index (χ2v) is 6.39. The molecule has 0 bridgehead atoms. The molecule has 0 aromatic carbocycles. The number of nitrogens with zero attached hydrogens (tertiary/aromatic N) is 3. The van der Waals surface area contributed by atoms with E-state index >= 15 is 0 Å². The molecule has 0 unspecified atom stereocenters. The zero-order chi connectivity index (χ0) is 16.9. The zero-order valence-electron chi connectivity index (χ0n) is 13.7. The molecule has 1 amide bonds. The monoisotopic (exact) mass is 348 g/mol. The van der Waals surface area contributed by atoms with Gasteiger partial charge in [0.15, 0.2) is 0 Å². The minimum Gasteiger partial charge on any atom is -0.357 e. The smallest absolute Gasteiger partial charge is 0.229 e. The number of halogens is 1. The number of aryl methyl sites for hydroxylation is 1. The molecule has 7 heteroatoms. The average Bonchev–Trinajstić information content (AvgIpc) is 2.93. The molecule has 3 rings (SSSR count). The number of piperidine rings is 1. The predicted molar refractivity (Wildman–Crippen MR) is 92.1 cm³/mol. The van der Waals surface area contributed by atoms with Crippen LogP contribution in [0.25, 0.3) is 0 Å². The number of pyridine rings is 1. The van der Waals surface area contributed by atoms with Crippen LogP contribution in [0.4, 0.5) is 5.82 Å². The predicted octanol–water partition coefficient (Wildman–Crippen LogP) is 2.88. The summed E-state index contributed by atoms with van der Waals surface area (Å²) in [6.45, 7) is 4.33.